The molecule has 3 unspecified atom stereocenters. The zero-order valence-electron chi connectivity index (χ0n) is 27.9. The van der Waals surface area contributed by atoms with Crippen molar-refractivity contribution in [3.8, 4) is 0 Å². The Bertz CT molecular complexity index is 665. The number of amides is 2. The molecule has 0 radical (unpaired) electrons. The van der Waals surface area contributed by atoms with Gasteiger partial charge in [0.2, 0.25) is 11.8 Å². The van der Waals surface area contributed by atoms with E-state index < -0.39 is 11.6 Å². The summed E-state index contributed by atoms with van der Waals surface area (Å²) >= 11 is 0. The van der Waals surface area contributed by atoms with Crippen LogP contribution in [-0.4, -0.2) is 59.1 Å². The lowest BCUT2D eigenvalue weighted by molar-refractivity contribution is -0.924. The van der Waals surface area contributed by atoms with Gasteiger partial charge in [0.15, 0.2) is 0 Å². The molecule has 0 aromatic rings. The van der Waals surface area contributed by atoms with E-state index >= 15 is 0 Å². The van der Waals surface area contributed by atoms with Crippen molar-refractivity contribution in [1.29, 1.82) is 0 Å². The van der Waals surface area contributed by atoms with E-state index in [0.717, 1.165) is 38.5 Å². The molecule has 0 aliphatic carbocycles. The number of carbonyl (C=O) groups excluding carboxylic acids is 2. The first-order chi connectivity index (χ1) is 18.9. The van der Waals surface area contributed by atoms with Gasteiger partial charge in [-0.05, 0) is 19.3 Å². The van der Waals surface area contributed by atoms with Crippen LogP contribution in [0.2, 0.25) is 0 Å². The third-order valence-corrected chi connectivity index (χ3v) is 8.69. The van der Waals surface area contributed by atoms with Crippen molar-refractivity contribution >= 4 is 17.8 Å². The number of imide groups is 1. The summed E-state index contributed by atoms with van der Waals surface area (Å²) in [5.74, 6) is -2.51. The molecule has 6 nitrogen and oxygen atoms in total. The summed E-state index contributed by atoms with van der Waals surface area (Å²) in [6.07, 6.45) is 21.1. The molecule has 236 valence electrons. The molecule has 2 amide bonds. The maximum Gasteiger partial charge on any atom is 0.389 e. The molecule has 6 heteroatoms. The maximum absolute atomic E-state index is 14.0. The van der Waals surface area contributed by atoms with Gasteiger partial charge in [0.05, 0.1) is 21.1 Å². The van der Waals surface area contributed by atoms with Crippen LogP contribution in [0.15, 0.2) is 0 Å². The second-order valence-corrected chi connectivity index (χ2v) is 13.2. The molecule has 0 bridgehead atoms. The highest BCUT2D eigenvalue weighted by molar-refractivity contribution is 6.01. The molecule has 0 aromatic carbocycles. The predicted molar refractivity (Wildman–Crippen MR) is 168 cm³/mol. The Morgan fingerprint density at radius 2 is 0.925 bits per heavy atom. The lowest BCUT2D eigenvalue weighted by Gasteiger charge is -2.49. The van der Waals surface area contributed by atoms with Crippen LogP contribution >= 0.6 is 0 Å². The van der Waals surface area contributed by atoms with Crippen molar-refractivity contribution in [2.75, 3.05) is 21.1 Å². The fraction of sp³-hybridized carbons (Fsp3) is 0.912. The normalized spacial score (nSPS) is 14.9. The molecule has 0 aliphatic heterocycles. The van der Waals surface area contributed by atoms with Crippen LogP contribution in [0.25, 0.3) is 0 Å². The summed E-state index contributed by atoms with van der Waals surface area (Å²) in [5, 5.41) is 10.6. The summed E-state index contributed by atoms with van der Waals surface area (Å²) in [7, 11) is 5.39. The molecule has 40 heavy (non-hydrogen) atoms. The molecule has 0 saturated carbocycles. The van der Waals surface area contributed by atoms with E-state index in [1.54, 1.807) is 21.1 Å². The average Bonchev–Trinajstić information content (AvgIpc) is 2.89. The summed E-state index contributed by atoms with van der Waals surface area (Å²) < 4.78 is -0.0113. The van der Waals surface area contributed by atoms with Crippen LogP contribution in [0.5, 0.6) is 0 Å². The van der Waals surface area contributed by atoms with Crippen molar-refractivity contribution in [3.05, 3.63) is 0 Å². The zero-order valence-corrected chi connectivity index (χ0v) is 27.9. The van der Waals surface area contributed by atoms with Crippen molar-refractivity contribution in [2.24, 2.45) is 11.8 Å². The van der Waals surface area contributed by atoms with Gasteiger partial charge in [-0.25, -0.2) is 9.69 Å². The Kier molecular flexibility index (Phi) is 20.5. The first-order valence-corrected chi connectivity index (χ1v) is 16.8. The standard InChI is InChI=1S/C34H66N2O4/c1-9-12-14-16-18-20-22-24-26-29(4)31(37)35(34(28-11-3,33(39)40)36(6,7)8)32(38)30(5)27-25-23-21-19-17-15-13-10-2/h29-30H,9-28H2,1-8H3/p+1. The molecule has 0 spiro atoms. The van der Waals surface area contributed by atoms with Gasteiger partial charge in [0, 0.05) is 18.3 Å². The van der Waals surface area contributed by atoms with E-state index in [-0.39, 0.29) is 34.6 Å². The minimum Gasteiger partial charge on any atom is -0.475 e. The number of carbonyl (C=O) groups is 3. The number of unbranched alkanes of at least 4 members (excludes halogenated alkanes) is 14. The fourth-order valence-corrected chi connectivity index (χ4v) is 5.92. The Morgan fingerprint density at radius 1 is 0.600 bits per heavy atom. The monoisotopic (exact) mass is 568 g/mol. The number of carboxylic acid groups (broad SMARTS) is 1. The number of hydrogen-bond acceptors (Lipinski definition) is 3. The van der Waals surface area contributed by atoms with Crippen LogP contribution in [0.4, 0.5) is 0 Å². The summed E-state index contributed by atoms with van der Waals surface area (Å²) in [4.78, 5) is 42.3. The van der Waals surface area contributed by atoms with Gasteiger partial charge < -0.3 is 5.11 Å². The van der Waals surface area contributed by atoms with E-state index in [2.05, 4.69) is 13.8 Å². The molecule has 0 heterocycles. The van der Waals surface area contributed by atoms with E-state index in [0.29, 0.717) is 19.3 Å². The van der Waals surface area contributed by atoms with Gasteiger partial charge in [-0.2, -0.15) is 0 Å². The SMILES string of the molecule is CCCCCCCCCCC(C)C(=O)N(C(=O)C(C)CCCCCCCCCC)C(CCC)(C(=O)O)[N+](C)(C)C. The molecule has 0 aliphatic rings. The van der Waals surface area contributed by atoms with Crippen molar-refractivity contribution in [2.45, 2.75) is 169 Å². The van der Waals surface area contributed by atoms with E-state index in [4.69, 9.17) is 0 Å². The highest BCUT2D eigenvalue weighted by Crippen LogP contribution is 2.34. The first-order valence-electron chi connectivity index (χ1n) is 16.8. The molecule has 0 saturated heterocycles. The second-order valence-electron chi connectivity index (χ2n) is 13.2. The minimum atomic E-state index is -1.62. The highest BCUT2D eigenvalue weighted by atomic mass is 16.4. The van der Waals surface area contributed by atoms with Gasteiger partial charge in [-0.15, -0.1) is 0 Å². The third kappa shape index (κ3) is 13.0. The fourth-order valence-electron chi connectivity index (χ4n) is 5.92. The summed E-state index contributed by atoms with van der Waals surface area (Å²) in [6.45, 7) is 10.1. The molecule has 1 N–H and O–H groups in total. The number of carboxylic acids is 1. The zero-order chi connectivity index (χ0) is 30.6. The van der Waals surface area contributed by atoms with Crippen molar-refractivity contribution < 1.29 is 24.0 Å². The quantitative estimate of drug-likeness (QED) is 0.0678. The van der Waals surface area contributed by atoms with E-state index in [1.807, 2.05) is 20.8 Å². The number of hydrogen-bond donors (Lipinski definition) is 1. The average molecular weight is 568 g/mol. The Labute approximate surface area is 248 Å². The van der Waals surface area contributed by atoms with Crippen LogP contribution < -0.4 is 0 Å². The third-order valence-electron chi connectivity index (χ3n) is 8.69. The van der Waals surface area contributed by atoms with Crippen LogP contribution in [0.1, 0.15) is 163 Å². The van der Waals surface area contributed by atoms with Gasteiger partial charge in [-0.1, -0.05) is 137 Å². The van der Waals surface area contributed by atoms with Gasteiger partial charge >= 0.3 is 5.97 Å². The Morgan fingerprint density at radius 3 is 1.20 bits per heavy atom. The molecular weight excluding hydrogens is 500 g/mol. The molecular formula is C34H67N2O4+. The van der Waals surface area contributed by atoms with Crippen molar-refractivity contribution in [1.82, 2.24) is 4.90 Å². The van der Waals surface area contributed by atoms with Crippen molar-refractivity contribution in [3.63, 3.8) is 0 Å². The molecule has 0 fully saturated rings. The number of aliphatic carboxylic acids is 1. The van der Waals surface area contributed by atoms with Gasteiger partial charge in [0.25, 0.3) is 5.66 Å². The number of nitrogens with zero attached hydrogens (tertiary/aromatic N) is 2. The summed E-state index contributed by atoms with van der Waals surface area (Å²) in [6, 6.07) is 0. The Balaban J connectivity index is 5.54. The van der Waals surface area contributed by atoms with Crippen LogP contribution in [0.3, 0.4) is 0 Å². The number of quaternary nitrogens is 1. The maximum atomic E-state index is 14.0. The van der Waals surface area contributed by atoms with E-state index in [1.165, 1.54) is 69.1 Å². The smallest absolute Gasteiger partial charge is 0.389 e. The van der Waals surface area contributed by atoms with Gasteiger partial charge in [0.1, 0.15) is 0 Å². The number of rotatable bonds is 25. The van der Waals surface area contributed by atoms with Gasteiger partial charge in [-0.3, -0.25) is 14.1 Å². The molecule has 3 atom stereocenters. The molecule has 0 rings (SSSR count). The van der Waals surface area contributed by atoms with Crippen LogP contribution in [-0.2, 0) is 14.4 Å². The Hall–Kier alpha value is -1.43. The lowest BCUT2D eigenvalue weighted by Crippen LogP contribution is -2.74. The number of likely N-dealkylation sites (N-methyl/N-ethyl adjacent to an activating group) is 1. The van der Waals surface area contributed by atoms with Crippen LogP contribution in [0, 0.1) is 11.8 Å². The largest absolute Gasteiger partial charge is 0.475 e. The summed E-state index contributed by atoms with van der Waals surface area (Å²) in [5.41, 5.74) is -1.62. The first kappa shape index (κ1) is 38.6. The van der Waals surface area contributed by atoms with E-state index in [9.17, 15) is 19.5 Å². The molecule has 0 aromatic heterocycles. The lowest BCUT2D eigenvalue weighted by atomic mass is 9.91. The minimum absolute atomic E-state index is 0.0113. The second kappa shape index (κ2) is 21.3. The highest BCUT2D eigenvalue weighted by Gasteiger charge is 2.60. The predicted octanol–water partition coefficient (Wildman–Crippen LogP) is 8.96. The topological polar surface area (TPSA) is 74.7 Å².